The molecule has 108 valence electrons. The maximum Gasteiger partial charge on any atom is 0.241 e. The molecule has 0 aliphatic carbocycles. The van der Waals surface area contributed by atoms with E-state index < -0.39 is 10.0 Å². The van der Waals surface area contributed by atoms with Crippen LogP contribution in [0.25, 0.3) is 10.8 Å². The molecule has 0 radical (unpaired) electrons. The van der Waals surface area contributed by atoms with Gasteiger partial charge in [0.15, 0.2) is 0 Å². The highest BCUT2D eigenvalue weighted by Crippen LogP contribution is 2.22. The van der Waals surface area contributed by atoms with Crippen molar-refractivity contribution in [2.45, 2.75) is 24.8 Å². The van der Waals surface area contributed by atoms with E-state index in [-0.39, 0.29) is 0 Å². The van der Waals surface area contributed by atoms with E-state index >= 15 is 0 Å². The van der Waals surface area contributed by atoms with Crippen molar-refractivity contribution in [2.24, 2.45) is 0 Å². The summed E-state index contributed by atoms with van der Waals surface area (Å²) in [7, 11) is -3.47. The van der Waals surface area contributed by atoms with E-state index in [0.29, 0.717) is 24.0 Å². The number of hydrogen-bond acceptors (Lipinski definition) is 3. The number of nitrogens with one attached hydrogen (secondary N) is 2. The predicted molar refractivity (Wildman–Crippen MR) is 82.3 cm³/mol. The molecule has 0 saturated carbocycles. The van der Waals surface area contributed by atoms with Gasteiger partial charge in [-0.1, -0.05) is 50.2 Å². The fourth-order valence-electron chi connectivity index (χ4n) is 2.05. The first-order valence-electron chi connectivity index (χ1n) is 6.71. The van der Waals surface area contributed by atoms with E-state index in [2.05, 4.69) is 10.0 Å². The number of hydrogen-bond donors (Lipinski definition) is 2. The Bertz CT molecular complexity index is 676. The standard InChI is InChI=1S/C15H20N2O2S/c1-12(2)16-10-11-17-20(18,19)15-9-5-7-13-6-3-4-8-14(13)15/h3-9,12,16-17H,10-11H2,1-2H3. The van der Waals surface area contributed by atoms with E-state index in [0.717, 1.165) is 10.8 Å². The highest BCUT2D eigenvalue weighted by atomic mass is 32.2. The Morgan fingerprint density at radius 3 is 2.45 bits per heavy atom. The van der Waals surface area contributed by atoms with Crippen LogP contribution in [-0.4, -0.2) is 27.5 Å². The van der Waals surface area contributed by atoms with Crippen LogP contribution < -0.4 is 10.0 Å². The average Bonchev–Trinajstić information content (AvgIpc) is 2.43. The van der Waals surface area contributed by atoms with Gasteiger partial charge in [-0.05, 0) is 11.5 Å². The van der Waals surface area contributed by atoms with Gasteiger partial charge in [-0.25, -0.2) is 13.1 Å². The molecule has 20 heavy (non-hydrogen) atoms. The quantitative estimate of drug-likeness (QED) is 0.802. The van der Waals surface area contributed by atoms with Crippen LogP contribution in [0.5, 0.6) is 0 Å². The molecule has 0 bridgehead atoms. The topological polar surface area (TPSA) is 58.2 Å². The minimum Gasteiger partial charge on any atom is -0.313 e. The molecule has 0 heterocycles. The first-order chi connectivity index (χ1) is 9.50. The lowest BCUT2D eigenvalue weighted by molar-refractivity contribution is 0.560. The number of fused-ring (bicyclic) bond motifs is 1. The average molecular weight is 292 g/mol. The lowest BCUT2D eigenvalue weighted by Gasteiger charge is -2.11. The summed E-state index contributed by atoms with van der Waals surface area (Å²) in [6.07, 6.45) is 0. The lowest BCUT2D eigenvalue weighted by Crippen LogP contribution is -2.34. The molecule has 0 unspecified atom stereocenters. The minimum absolute atomic E-state index is 0.333. The Balaban J connectivity index is 2.19. The molecule has 0 fully saturated rings. The predicted octanol–water partition coefficient (Wildman–Crippen LogP) is 2.12. The van der Waals surface area contributed by atoms with Crippen molar-refractivity contribution in [3.05, 3.63) is 42.5 Å². The molecule has 0 saturated heterocycles. The van der Waals surface area contributed by atoms with Crippen LogP contribution in [0.4, 0.5) is 0 Å². The summed E-state index contributed by atoms with van der Waals surface area (Å²) in [5.74, 6) is 0. The van der Waals surface area contributed by atoms with Crippen molar-refractivity contribution >= 4 is 20.8 Å². The molecule has 5 heteroatoms. The summed E-state index contributed by atoms with van der Waals surface area (Å²) < 4.78 is 27.3. The molecule has 0 amide bonds. The Hall–Kier alpha value is -1.43. The molecule has 2 aromatic carbocycles. The molecule has 0 spiro atoms. The Kier molecular flexibility index (Phi) is 4.75. The van der Waals surface area contributed by atoms with Crippen LogP contribution in [0.15, 0.2) is 47.4 Å². The Morgan fingerprint density at radius 2 is 1.70 bits per heavy atom. The van der Waals surface area contributed by atoms with Crippen molar-refractivity contribution in [3.8, 4) is 0 Å². The van der Waals surface area contributed by atoms with Crippen LogP contribution in [0.2, 0.25) is 0 Å². The largest absolute Gasteiger partial charge is 0.313 e. The molecule has 0 aliphatic heterocycles. The summed E-state index contributed by atoms with van der Waals surface area (Å²) in [5, 5.41) is 4.86. The third-order valence-corrected chi connectivity index (χ3v) is 4.53. The monoisotopic (exact) mass is 292 g/mol. The highest BCUT2D eigenvalue weighted by molar-refractivity contribution is 7.89. The van der Waals surface area contributed by atoms with Crippen LogP contribution >= 0.6 is 0 Å². The van der Waals surface area contributed by atoms with E-state index in [1.54, 1.807) is 12.1 Å². The van der Waals surface area contributed by atoms with Gasteiger partial charge in [-0.2, -0.15) is 0 Å². The SMILES string of the molecule is CC(C)NCCNS(=O)(=O)c1cccc2ccccc12. The fraction of sp³-hybridized carbons (Fsp3) is 0.333. The van der Waals surface area contributed by atoms with E-state index in [1.807, 2.05) is 44.2 Å². The van der Waals surface area contributed by atoms with E-state index in [9.17, 15) is 8.42 Å². The van der Waals surface area contributed by atoms with Crippen molar-refractivity contribution in [1.82, 2.24) is 10.0 Å². The zero-order valence-corrected chi connectivity index (χ0v) is 12.6. The number of rotatable bonds is 6. The molecule has 2 N–H and O–H groups in total. The Labute approximate surface area is 120 Å². The fourth-order valence-corrected chi connectivity index (χ4v) is 3.31. The van der Waals surface area contributed by atoms with Crippen molar-refractivity contribution in [3.63, 3.8) is 0 Å². The van der Waals surface area contributed by atoms with Gasteiger partial charge >= 0.3 is 0 Å². The zero-order chi connectivity index (χ0) is 14.6. The van der Waals surface area contributed by atoms with Gasteiger partial charge in [0, 0.05) is 24.5 Å². The van der Waals surface area contributed by atoms with Gasteiger partial charge in [0.2, 0.25) is 10.0 Å². The molecule has 0 atom stereocenters. The number of benzene rings is 2. The van der Waals surface area contributed by atoms with Crippen molar-refractivity contribution < 1.29 is 8.42 Å². The molecule has 2 aromatic rings. The summed E-state index contributed by atoms with van der Waals surface area (Å²) >= 11 is 0. The molecule has 0 aromatic heterocycles. The first kappa shape index (κ1) is 15.0. The van der Waals surface area contributed by atoms with Gasteiger partial charge < -0.3 is 5.32 Å². The van der Waals surface area contributed by atoms with Crippen LogP contribution in [0.3, 0.4) is 0 Å². The third-order valence-electron chi connectivity index (χ3n) is 3.01. The zero-order valence-electron chi connectivity index (χ0n) is 11.8. The van der Waals surface area contributed by atoms with Gasteiger partial charge in [0.05, 0.1) is 4.90 Å². The normalized spacial score (nSPS) is 12.2. The number of sulfonamides is 1. The smallest absolute Gasteiger partial charge is 0.241 e. The summed E-state index contributed by atoms with van der Waals surface area (Å²) in [5.41, 5.74) is 0. The van der Waals surface area contributed by atoms with E-state index in [1.165, 1.54) is 0 Å². The van der Waals surface area contributed by atoms with Gasteiger partial charge in [0.1, 0.15) is 0 Å². The van der Waals surface area contributed by atoms with Gasteiger partial charge in [0.25, 0.3) is 0 Å². The van der Waals surface area contributed by atoms with Gasteiger partial charge in [-0.15, -0.1) is 0 Å². The van der Waals surface area contributed by atoms with Gasteiger partial charge in [-0.3, -0.25) is 0 Å². The van der Waals surface area contributed by atoms with E-state index in [4.69, 9.17) is 0 Å². The Morgan fingerprint density at radius 1 is 1.00 bits per heavy atom. The molecule has 2 rings (SSSR count). The first-order valence-corrected chi connectivity index (χ1v) is 8.20. The van der Waals surface area contributed by atoms with Crippen LogP contribution in [0.1, 0.15) is 13.8 Å². The highest BCUT2D eigenvalue weighted by Gasteiger charge is 2.16. The summed E-state index contributed by atoms with van der Waals surface area (Å²) in [6, 6.07) is 13.2. The molecular formula is C15H20N2O2S. The second-order valence-electron chi connectivity index (χ2n) is 4.98. The van der Waals surface area contributed by atoms with Crippen molar-refractivity contribution in [2.75, 3.05) is 13.1 Å². The minimum atomic E-state index is -3.47. The maximum atomic E-state index is 12.4. The molecule has 4 nitrogen and oxygen atoms in total. The van der Waals surface area contributed by atoms with Crippen LogP contribution in [0, 0.1) is 0 Å². The lowest BCUT2D eigenvalue weighted by atomic mass is 10.1. The molecular weight excluding hydrogens is 272 g/mol. The third kappa shape index (κ3) is 3.56. The second-order valence-corrected chi connectivity index (χ2v) is 6.72. The summed E-state index contributed by atoms with van der Waals surface area (Å²) in [6.45, 7) is 5.05. The molecule has 0 aliphatic rings. The second kappa shape index (κ2) is 6.35. The van der Waals surface area contributed by atoms with Crippen molar-refractivity contribution in [1.29, 1.82) is 0 Å². The van der Waals surface area contributed by atoms with Crippen LogP contribution in [-0.2, 0) is 10.0 Å². The summed E-state index contributed by atoms with van der Waals surface area (Å²) in [4.78, 5) is 0.333. The maximum absolute atomic E-state index is 12.4.